The van der Waals surface area contributed by atoms with Gasteiger partial charge in [-0.1, -0.05) is 60.2 Å². The molecule has 0 atom stereocenters. The van der Waals surface area contributed by atoms with Crippen LogP contribution < -0.4 is 24.5 Å². The molecule has 2 N–H and O–H groups in total. The third kappa shape index (κ3) is 8.66. The summed E-state index contributed by atoms with van der Waals surface area (Å²) in [5.41, 5.74) is 5.14. The summed E-state index contributed by atoms with van der Waals surface area (Å²) in [5.74, 6) is -0.113. The first-order valence-corrected chi connectivity index (χ1v) is 14.8. The molecule has 0 radical (unpaired) electrons. The number of hydrogen-bond donors (Lipinski definition) is 2. The maximum atomic E-state index is 13.6. The molecule has 10 nitrogen and oxygen atoms in total. The Morgan fingerprint density at radius 3 is 2.23 bits per heavy atom. The molecule has 2 amide bonds. The zero-order valence-corrected chi connectivity index (χ0v) is 24.6. The quantitative estimate of drug-likeness (QED) is 0.176. The zero-order valence-electron chi connectivity index (χ0n) is 23.8. The Hall–Kier alpha value is -5.16. The number of anilines is 1. The predicted octanol–water partition coefficient (Wildman–Crippen LogP) is 4.04. The first-order chi connectivity index (χ1) is 20.8. The second-order valence-corrected chi connectivity index (χ2v) is 11.3. The van der Waals surface area contributed by atoms with Crippen molar-refractivity contribution in [2.24, 2.45) is 5.10 Å². The van der Waals surface area contributed by atoms with E-state index in [1.165, 1.54) is 25.5 Å². The molecule has 4 aromatic rings. The molecule has 222 valence electrons. The van der Waals surface area contributed by atoms with Gasteiger partial charge in [0.1, 0.15) is 18.0 Å². The van der Waals surface area contributed by atoms with E-state index in [0.29, 0.717) is 23.6 Å². The summed E-state index contributed by atoms with van der Waals surface area (Å²) in [4.78, 5) is 25.0. The van der Waals surface area contributed by atoms with E-state index in [9.17, 15) is 18.0 Å². The molecule has 0 bridgehead atoms. The second-order valence-electron chi connectivity index (χ2n) is 9.41. The molecular formula is C32H32N4O6S. The second kappa shape index (κ2) is 14.6. The number of ether oxygens (including phenoxy) is 2. The van der Waals surface area contributed by atoms with E-state index in [-0.39, 0.29) is 23.1 Å². The van der Waals surface area contributed by atoms with Gasteiger partial charge in [0.15, 0.2) is 6.61 Å². The maximum Gasteiger partial charge on any atom is 0.264 e. The minimum atomic E-state index is -4.11. The third-order valence-electron chi connectivity index (χ3n) is 6.24. The van der Waals surface area contributed by atoms with Crippen molar-refractivity contribution >= 4 is 33.7 Å². The Balaban J connectivity index is 1.35. The number of carbonyl (C=O) groups excluding carboxylic acids is 2. The van der Waals surface area contributed by atoms with E-state index in [1.54, 1.807) is 60.7 Å². The van der Waals surface area contributed by atoms with Crippen LogP contribution >= 0.6 is 0 Å². The number of sulfonamides is 1. The van der Waals surface area contributed by atoms with Gasteiger partial charge in [-0.15, -0.1) is 0 Å². The number of carbonyl (C=O) groups is 2. The van der Waals surface area contributed by atoms with E-state index >= 15 is 0 Å². The number of nitrogens with one attached hydrogen (secondary N) is 2. The van der Waals surface area contributed by atoms with Crippen LogP contribution in [0.3, 0.4) is 0 Å². The van der Waals surface area contributed by atoms with Crippen molar-refractivity contribution in [1.82, 2.24) is 10.7 Å². The van der Waals surface area contributed by atoms with Crippen LogP contribution in [-0.2, 0) is 26.2 Å². The lowest BCUT2D eigenvalue weighted by molar-refractivity contribution is -0.123. The van der Waals surface area contributed by atoms with E-state index in [1.807, 2.05) is 37.3 Å². The highest BCUT2D eigenvalue weighted by molar-refractivity contribution is 7.92. The van der Waals surface area contributed by atoms with Gasteiger partial charge >= 0.3 is 0 Å². The Labute approximate surface area is 251 Å². The molecule has 0 aliphatic carbocycles. The van der Waals surface area contributed by atoms with Gasteiger partial charge in [0.2, 0.25) is 0 Å². The molecule has 0 unspecified atom stereocenters. The highest BCUT2D eigenvalue weighted by atomic mass is 32.2. The summed E-state index contributed by atoms with van der Waals surface area (Å²) in [6.45, 7) is 1.60. The summed E-state index contributed by atoms with van der Waals surface area (Å²) in [6, 6.07) is 29.2. The minimum Gasteiger partial charge on any atom is -0.495 e. The molecule has 0 aromatic heterocycles. The Morgan fingerprint density at radius 2 is 1.53 bits per heavy atom. The fourth-order valence-electron chi connectivity index (χ4n) is 3.96. The average molecular weight is 601 g/mol. The topological polar surface area (TPSA) is 126 Å². The summed E-state index contributed by atoms with van der Waals surface area (Å²) in [7, 11) is -2.68. The Bertz CT molecular complexity index is 1660. The van der Waals surface area contributed by atoms with E-state index in [0.717, 1.165) is 15.4 Å². The van der Waals surface area contributed by atoms with E-state index in [4.69, 9.17) is 9.47 Å². The molecule has 0 saturated carbocycles. The van der Waals surface area contributed by atoms with Gasteiger partial charge in [0.25, 0.3) is 21.8 Å². The Morgan fingerprint density at radius 1 is 0.860 bits per heavy atom. The van der Waals surface area contributed by atoms with Gasteiger partial charge in [-0.3, -0.25) is 13.9 Å². The molecule has 4 aromatic carbocycles. The molecule has 4 rings (SSSR count). The molecular weight excluding hydrogens is 568 g/mol. The van der Waals surface area contributed by atoms with Crippen LogP contribution in [-0.4, -0.2) is 46.7 Å². The number of amides is 2. The maximum absolute atomic E-state index is 13.6. The molecule has 0 fully saturated rings. The van der Waals surface area contributed by atoms with Crippen molar-refractivity contribution in [2.45, 2.75) is 18.4 Å². The van der Waals surface area contributed by atoms with E-state index < -0.39 is 22.5 Å². The summed E-state index contributed by atoms with van der Waals surface area (Å²) in [6.07, 6.45) is 1.41. The minimum absolute atomic E-state index is 0.0382. The standard InChI is InChI=1S/C32H32N4O6S/c1-24-12-18-28(19-13-24)43(39,40)36(29-10-6-7-11-30(29)41-2)22-31(37)35-34-21-26-14-16-27(17-15-26)42-23-32(38)33-20-25-8-4-3-5-9-25/h3-19,21H,20,22-23H2,1-2H3,(H,33,38)(H,35,37)/b34-21-. The highest BCUT2D eigenvalue weighted by Gasteiger charge is 2.29. The monoisotopic (exact) mass is 600 g/mol. The number of para-hydroxylation sites is 2. The van der Waals surface area contributed by atoms with Gasteiger partial charge in [0, 0.05) is 6.54 Å². The van der Waals surface area contributed by atoms with Gasteiger partial charge in [-0.2, -0.15) is 5.10 Å². The van der Waals surface area contributed by atoms with Gasteiger partial charge in [0.05, 0.1) is 23.9 Å². The van der Waals surface area contributed by atoms with Crippen molar-refractivity contribution in [3.8, 4) is 11.5 Å². The van der Waals surface area contributed by atoms with Crippen molar-refractivity contribution in [3.05, 3.63) is 120 Å². The van der Waals surface area contributed by atoms with Crippen molar-refractivity contribution in [1.29, 1.82) is 0 Å². The van der Waals surface area contributed by atoms with Crippen LogP contribution in [0.25, 0.3) is 0 Å². The van der Waals surface area contributed by atoms with Crippen LogP contribution in [0.2, 0.25) is 0 Å². The number of benzene rings is 4. The highest BCUT2D eigenvalue weighted by Crippen LogP contribution is 2.32. The van der Waals surface area contributed by atoms with Crippen LogP contribution in [0.1, 0.15) is 16.7 Å². The number of rotatable bonds is 13. The smallest absolute Gasteiger partial charge is 0.264 e. The molecule has 11 heteroatoms. The first-order valence-electron chi connectivity index (χ1n) is 13.3. The van der Waals surface area contributed by atoms with Crippen LogP contribution in [0.5, 0.6) is 11.5 Å². The molecule has 0 spiro atoms. The predicted molar refractivity (Wildman–Crippen MR) is 165 cm³/mol. The number of aryl methyl sites for hydroxylation is 1. The van der Waals surface area contributed by atoms with Gasteiger partial charge < -0.3 is 14.8 Å². The van der Waals surface area contributed by atoms with E-state index in [2.05, 4.69) is 15.8 Å². The first kappa shape index (κ1) is 30.8. The summed E-state index contributed by atoms with van der Waals surface area (Å²) in [5, 5.41) is 6.77. The normalized spacial score (nSPS) is 11.1. The molecule has 0 saturated heterocycles. The van der Waals surface area contributed by atoms with Crippen LogP contribution in [0.15, 0.2) is 113 Å². The van der Waals surface area contributed by atoms with Gasteiger partial charge in [-0.05, 0) is 66.6 Å². The largest absolute Gasteiger partial charge is 0.495 e. The van der Waals surface area contributed by atoms with Crippen molar-refractivity contribution < 1.29 is 27.5 Å². The number of hydrazone groups is 1. The molecule has 43 heavy (non-hydrogen) atoms. The van der Waals surface area contributed by atoms with Crippen molar-refractivity contribution in [2.75, 3.05) is 24.6 Å². The lowest BCUT2D eigenvalue weighted by Crippen LogP contribution is -2.39. The number of nitrogens with zero attached hydrogens (tertiary/aromatic N) is 2. The van der Waals surface area contributed by atoms with Crippen molar-refractivity contribution in [3.63, 3.8) is 0 Å². The Kier molecular flexibility index (Phi) is 10.5. The SMILES string of the molecule is COc1ccccc1N(CC(=O)N/N=C\c1ccc(OCC(=O)NCc2ccccc2)cc1)S(=O)(=O)c1ccc(C)cc1. The fourth-order valence-corrected chi connectivity index (χ4v) is 5.40. The molecule has 0 aliphatic heterocycles. The zero-order chi connectivity index (χ0) is 30.7. The fraction of sp³-hybridized carbons (Fsp3) is 0.156. The van der Waals surface area contributed by atoms with Crippen LogP contribution in [0, 0.1) is 6.92 Å². The summed E-state index contributed by atoms with van der Waals surface area (Å²) < 4.78 is 39.1. The molecule has 0 aliphatic rings. The number of methoxy groups -OCH3 is 1. The van der Waals surface area contributed by atoms with Crippen LogP contribution in [0.4, 0.5) is 5.69 Å². The van der Waals surface area contributed by atoms with Gasteiger partial charge in [-0.25, -0.2) is 13.8 Å². The average Bonchev–Trinajstić information content (AvgIpc) is 3.03. The lowest BCUT2D eigenvalue weighted by Gasteiger charge is -2.25. The summed E-state index contributed by atoms with van der Waals surface area (Å²) >= 11 is 0. The molecule has 0 heterocycles. The third-order valence-corrected chi connectivity index (χ3v) is 8.01. The lowest BCUT2D eigenvalue weighted by atomic mass is 10.2. The number of hydrogen-bond acceptors (Lipinski definition) is 7.